The van der Waals surface area contributed by atoms with Gasteiger partial charge >= 0.3 is 5.51 Å². The summed E-state index contributed by atoms with van der Waals surface area (Å²) in [5, 5.41) is 0.588. The maximum atomic E-state index is 13.5. The number of pyridine rings is 1. The number of carbonyl (C=O) groups excluding carboxylic acids is 1. The smallest absolute Gasteiger partial charge is 0.311 e. The van der Waals surface area contributed by atoms with Crippen LogP contribution in [-0.2, 0) is 0 Å². The first-order valence-corrected chi connectivity index (χ1v) is 10.5. The number of amides is 1. The van der Waals surface area contributed by atoms with E-state index < -0.39 is 17.2 Å². The van der Waals surface area contributed by atoms with Crippen molar-refractivity contribution in [3.8, 4) is 10.6 Å². The molecule has 0 aliphatic carbocycles. The molecule has 0 bridgehead atoms. The Bertz CT molecular complexity index is 1270. The number of alkyl halides is 3. The van der Waals surface area contributed by atoms with E-state index in [1.54, 1.807) is 25.2 Å². The van der Waals surface area contributed by atoms with E-state index in [2.05, 4.69) is 9.97 Å². The Morgan fingerprint density at radius 3 is 2.65 bits per heavy atom. The minimum atomic E-state index is -4.43. The number of hydrogen-bond acceptors (Lipinski definition) is 5. The number of halogens is 4. The monoisotopic (exact) mass is 463 g/mol. The molecular weight excluding hydrogens is 450 g/mol. The highest BCUT2D eigenvalue weighted by atomic mass is 32.2. The number of anilines is 1. The molecule has 0 unspecified atom stereocenters. The van der Waals surface area contributed by atoms with Crippen molar-refractivity contribution >= 4 is 44.9 Å². The molecule has 10 heteroatoms. The van der Waals surface area contributed by atoms with E-state index in [0.717, 1.165) is 10.9 Å². The van der Waals surface area contributed by atoms with E-state index in [0.29, 0.717) is 21.8 Å². The average Bonchev–Trinajstić information content (AvgIpc) is 3.15. The Labute approximate surface area is 182 Å². The molecule has 4 nitrogen and oxygen atoms in total. The van der Waals surface area contributed by atoms with Crippen LogP contribution in [0.4, 0.5) is 23.2 Å². The summed E-state index contributed by atoms with van der Waals surface area (Å²) in [4.78, 5) is 22.4. The lowest BCUT2D eigenvalue weighted by atomic mass is 10.2. The number of thiazole rings is 1. The van der Waals surface area contributed by atoms with Crippen LogP contribution in [0.1, 0.15) is 10.4 Å². The molecule has 0 aliphatic heterocycles. The van der Waals surface area contributed by atoms with Gasteiger partial charge < -0.3 is 4.90 Å². The number of nitrogens with zero attached hydrogens (tertiary/aromatic N) is 3. The Hall–Kier alpha value is -2.98. The zero-order valence-corrected chi connectivity index (χ0v) is 17.5. The number of hydrogen-bond donors (Lipinski definition) is 0. The lowest BCUT2D eigenvalue weighted by Crippen LogP contribution is -2.26. The van der Waals surface area contributed by atoms with E-state index in [4.69, 9.17) is 0 Å². The van der Waals surface area contributed by atoms with Crippen LogP contribution >= 0.6 is 23.1 Å². The molecule has 4 aromatic rings. The van der Waals surface area contributed by atoms with Crippen molar-refractivity contribution in [3.63, 3.8) is 0 Å². The third-order valence-corrected chi connectivity index (χ3v) is 6.12. The number of carbonyl (C=O) groups is 1. The normalized spacial score (nSPS) is 11.6. The van der Waals surface area contributed by atoms with Gasteiger partial charge in [-0.2, -0.15) is 13.2 Å². The van der Waals surface area contributed by atoms with Gasteiger partial charge in [-0.3, -0.25) is 9.78 Å². The van der Waals surface area contributed by atoms with Crippen molar-refractivity contribution in [3.05, 3.63) is 72.3 Å². The SMILES string of the molecule is CN(C(=O)c1cccc(SC(F)(F)F)c1)c1ccc2nc(-c3cncc(F)c3)sc2c1. The van der Waals surface area contributed by atoms with Crippen molar-refractivity contribution in [1.82, 2.24) is 9.97 Å². The maximum Gasteiger partial charge on any atom is 0.446 e. The van der Waals surface area contributed by atoms with Gasteiger partial charge in [0.1, 0.15) is 10.8 Å². The maximum absolute atomic E-state index is 13.5. The van der Waals surface area contributed by atoms with Gasteiger partial charge in [0.2, 0.25) is 0 Å². The zero-order valence-electron chi connectivity index (χ0n) is 15.9. The van der Waals surface area contributed by atoms with Crippen LogP contribution in [0.15, 0.2) is 65.8 Å². The van der Waals surface area contributed by atoms with E-state index in [-0.39, 0.29) is 22.2 Å². The lowest BCUT2D eigenvalue weighted by Gasteiger charge is -2.18. The molecule has 31 heavy (non-hydrogen) atoms. The minimum absolute atomic E-state index is 0.0574. The Morgan fingerprint density at radius 1 is 1.10 bits per heavy atom. The van der Waals surface area contributed by atoms with Crippen molar-refractivity contribution in [2.45, 2.75) is 10.4 Å². The molecule has 0 fully saturated rings. The highest BCUT2D eigenvalue weighted by Crippen LogP contribution is 2.37. The van der Waals surface area contributed by atoms with Crippen molar-refractivity contribution in [1.29, 1.82) is 0 Å². The second-order valence-corrected chi connectivity index (χ2v) is 8.67. The standard InChI is InChI=1S/C21H13F4N3OS2/c1-28(20(29)12-3-2-4-16(8-12)31-21(23,24)25)15-5-6-17-18(9-15)30-19(27-17)13-7-14(22)11-26-10-13/h2-11H,1H3. The Balaban J connectivity index is 1.61. The number of rotatable bonds is 4. The molecule has 0 atom stereocenters. The van der Waals surface area contributed by atoms with Crippen LogP contribution in [0, 0.1) is 5.82 Å². The van der Waals surface area contributed by atoms with Gasteiger partial charge in [-0.1, -0.05) is 6.07 Å². The summed E-state index contributed by atoms with van der Waals surface area (Å²) >= 11 is 1.06. The van der Waals surface area contributed by atoms with Gasteiger partial charge in [0.15, 0.2) is 0 Å². The third kappa shape index (κ3) is 4.86. The first-order chi connectivity index (χ1) is 14.7. The van der Waals surface area contributed by atoms with Crippen molar-refractivity contribution in [2.75, 3.05) is 11.9 Å². The molecule has 0 radical (unpaired) electrons. The molecule has 2 aromatic carbocycles. The molecule has 0 N–H and O–H groups in total. The van der Waals surface area contributed by atoms with E-state index in [1.165, 1.54) is 52.8 Å². The predicted octanol–water partition coefficient (Wildman–Crippen LogP) is 6.39. The Morgan fingerprint density at radius 2 is 1.90 bits per heavy atom. The molecular formula is C21H13F4N3OS2. The third-order valence-electron chi connectivity index (χ3n) is 4.33. The lowest BCUT2D eigenvalue weighted by molar-refractivity contribution is -0.0328. The second-order valence-electron chi connectivity index (χ2n) is 6.50. The highest BCUT2D eigenvalue weighted by molar-refractivity contribution is 8.00. The summed E-state index contributed by atoms with van der Waals surface area (Å²) in [5.74, 6) is -0.906. The van der Waals surface area contributed by atoms with Gasteiger partial charge in [0.25, 0.3) is 5.91 Å². The Kier molecular flexibility index (Phi) is 5.67. The fourth-order valence-corrected chi connectivity index (χ4v) is 4.49. The summed E-state index contributed by atoms with van der Waals surface area (Å²) in [5.41, 5.74) is -2.50. The van der Waals surface area contributed by atoms with E-state index in [9.17, 15) is 22.4 Å². The summed E-state index contributed by atoms with van der Waals surface area (Å²) in [6, 6.07) is 11.9. The van der Waals surface area contributed by atoms with Gasteiger partial charge in [0.05, 0.1) is 16.4 Å². The van der Waals surface area contributed by atoms with Gasteiger partial charge in [-0.25, -0.2) is 9.37 Å². The van der Waals surface area contributed by atoms with Crippen LogP contribution < -0.4 is 4.90 Å². The molecule has 2 heterocycles. The largest absolute Gasteiger partial charge is 0.446 e. The second kappa shape index (κ2) is 8.27. The molecule has 0 saturated carbocycles. The molecule has 1 amide bonds. The number of benzene rings is 2. The summed E-state index contributed by atoms with van der Waals surface area (Å²) in [6.07, 6.45) is 2.63. The van der Waals surface area contributed by atoms with Crippen LogP contribution in [0.25, 0.3) is 20.8 Å². The minimum Gasteiger partial charge on any atom is -0.311 e. The van der Waals surface area contributed by atoms with Gasteiger partial charge in [-0.15, -0.1) is 11.3 Å². The average molecular weight is 463 g/mol. The molecule has 158 valence electrons. The molecule has 0 spiro atoms. The summed E-state index contributed by atoms with van der Waals surface area (Å²) < 4.78 is 52.1. The topological polar surface area (TPSA) is 46.1 Å². The van der Waals surface area contributed by atoms with Crippen LogP contribution in [0.5, 0.6) is 0 Å². The number of fused-ring (bicyclic) bond motifs is 1. The predicted molar refractivity (Wildman–Crippen MR) is 114 cm³/mol. The highest BCUT2D eigenvalue weighted by Gasteiger charge is 2.29. The quantitative estimate of drug-likeness (QED) is 0.260. The molecule has 2 aromatic heterocycles. The van der Waals surface area contributed by atoms with Crippen LogP contribution in [0.3, 0.4) is 0 Å². The molecule has 4 rings (SSSR count). The molecule has 0 aliphatic rings. The van der Waals surface area contributed by atoms with E-state index in [1.807, 2.05) is 0 Å². The van der Waals surface area contributed by atoms with Crippen molar-refractivity contribution < 1.29 is 22.4 Å². The fraction of sp³-hybridized carbons (Fsp3) is 0.0952. The summed E-state index contributed by atoms with van der Waals surface area (Å²) in [7, 11) is 1.55. The van der Waals surface area contributed by atoms with Gasteiger partial charge in [-0.05, 0) is 54.2 Å². The van der Waals surface area contributed by atoms with Crippen LogP contribution in [-0.4, -0.2) is 28.4 Å². The number of thioether (sulfide) groups is 1. The van der Waals surface area contributed by atoms with Crippen LogP contribution in [0.2, 0.25) is 0 Å². The first-order valence-electron chi connectivity index (χ1n) is 8.85. The first kappa shape index (κ1) is 21.3. The van der Waals surface area contributed by atoms with Crippen molar-refractivity contribution in [2.24, 2.45) is 0 Å². The zero-order chi connectivity index (χ0) is 22.2. The van der Waals surface area contributed by atoms with Gasteiger partial charge in [0, 0.05) is 35.0 Å². The summed E-state index contributed by atoms with van der Waals surface area (Å²) in [6.45, 7) is 0. The fourth-order valence-electron chi connectivity index (χ4n) is 2.91. The molecule has 0 saturated heterocycles. The number of aromatic nitrogens is 2. The van der Waals surface area contributed by atoms with E-state index >= 15 is 0 Å².